The number of fused-ring (bicyclic) bond motifs is 5. The minimum Gasteiger partial charge on any atom is -0.459 e. The second-order valence-corrected chi connectivity index (χ2v) is 16.5. The van der Waals surface area contributed by atoms with Gasteiger partial charge in [0.15, 0.2) is 0 Å². The van der Waals surface area contributed by atoms with Gasteiger partial charge in [-0.2, -0.15) is 0 Å². The average Bonchev–Trinajstić information content (AvgIpc) is 3.38. The third kappa shape index (κ3) is 10.9. The number of aliphatic hydroxyl groups is 1. The van der Waals surface area contributed by atoms with Crippen LogP contribution in [0.4, 0.5) is 0 Å². The van der Waals surface area contributed by atoms with Gasteiger partial charge in [-0.15, -0.1) is 0 Å². The summed E-state index contributed by atoms with van der Waals surface area (Å²) in [6.45, 7) is 15.7. The Kier molecular flexibility index (Phi) is 15.7. The van der Waals surface area contributed by atoms with Crippen LogP contribution in [0.25, 0.3) is 0 Å². The molecule has 0 aromatic heterocycles. The standard InChI is InChI=1S/C40H70O8/c1-9-11-12-13-14-15-16-17-18-19-20-22-33(42)46-32-24-26-40(8,48-34(43)21-10-2)37-35-30(28(3)4)23-25-39(7,47-29(5)41)36(35)31(45-37)27-38(32,6)44/h28,30-32,35-37,44H,9-27H2,1-8H3/t30-,31-,32+,35-,36-,37-,38+,39-,40-/m1/s1. The molecule has 2 bridgehead atoms. The Morgan fingerprint density at radius 1 is 0.771 bits per heavy atom. The number of rotatable bonds is 18. The Morgan fingerprint density at radius 2 is 1.35 bits per heavy atom. The summed E-state index contributed by atoms with van der Waals surface area (Å²) >= 11 is 0. The zero-order chi connectivity index (χ0) is 35.5. The molecule has 0 spiro atoms. The number of esters is 3. The smallest absolute Gasteiger partial charge is 0.306 e. The van der Waals surface area contributed by atoms with E-state index in [4.69, 9.17) is 18.9 Å². The Labute approximate surface area is 292 Å². The molecule has 278 valence electrons. The number of unbranched alkanes of at least 4 members (excludes halogenated alkanes) is 10. The van der Waals surface area contributed by atoms with Crippen molar-refractivity contribution in [2.75, 3.05) is 0 Å². The molecule has 0 amide bonds. The predicted octanol–water partition coefficient (Wildman–Crippen LogP) is 9.02. The van der Waals surface area contributed by atoms with Gasteiger partial charge in [-0.25, -0.2) is 0 Å². The van der Waals surface area contributed by atoms with E-state index in [2.05, 4.69) is 20.8 Å². The monoisotopic (exact) mass is 679 g/mol. The molecule has 0 unspecified atom stereocenters. The third-order valence-corrected chi connectivity index (χ3v) is 11.8. The average molecular weight is 679 g/mol. The molecule has 0 aromatic carbocycles. The van der Waals surface area contributed by atoms with Gasteiger partial charge in [-0.1, -0.05) is 91.9 Å². The second kappa shape index (κ2) is 18.5. The van der Waals surface area contributed by atoms with Crippen molar-refractivity contribution in [3.8, 4) is 0 Å². The van der Waals surface area contributed by atoms with Crippen molar-refractivity contribution in [3.05, 3.63) is 0 Å². The van der Waals surface area contributed by atoms with Crippen LogP contribution in [-0.4, -0.2) is 58.1 Å². The van der Waals surface area contributed by atoms with E-state index in [1.165, 1.54) is 58.3 Å². The van der Waals surface area contributed by atoms with Crippen LogP contribution in [0.2, 0.25) is 0 Å². The lowest BCUT2D eigenvalue weighted by Gasteiger charge is -2.51. The minimum absolute atomic E-state index is 0.0384. The van der Waals surface area contributed by atoms with Crippen LogP contribution < -0.4 is 0 Å². The van der Waals surface area contributed by atoms with Gasteiger partial charge < -0.3 is 24.1 Å². The highest BCUT2D eigenvalue weighted by Gasteiger charge is 2.65. The molecule has 9 atom stereocenters. The summed E-state index contributed by atoms with van der Waals surface area (Å²) in [4.78, 5) is 38.7. The molecule has 48 heavy (non-hydrogen) atoms. The third-order valence-electron chi connectivity index (χ3n) is 11.8. The van der Waals surface area contributed by atoms with Crippen molar-refractivity contribution < 1.29 is 38.4 Å². The van der Waals surface area contributed by atoms with Crippen LogP contribution >= 0.6 is 0 Å². The van der Waals surface area contributed by atoms with Crippen LogP contribution in [0.3, 0.4) is 0 Å². The highest BCUT2D eigenvalue weighted by Crippen LogP contribution is 2.58. The molecule has 3 rings (SSSR count). The van der Waals surface area contributed by atoms with Crippen molar-refractivity contribution >= 4 is 17.9 Å². The fourth-order valence-corrected chi connectivity index (χ4v) is 9.23. The summed E-state index contributed by atoms with van der Waals surface area (Å²) in [5, 5.41) is 12.1. The fraction of sp³-hybridized carbons (Fsp3) is 0.925. The molecular weight excluding hydrogens is 608 g/mol. The number of carbonyl (C=O) groups is 3. The van der Waals surface area contributed by atoms with Crippen molar-refractivity contribution in [2.24, 2.45) is 23.7 Å². The van der Waals surface area contributed by atoms with Gasteiger partial charge in [0.05, 0.1) is 6.10 Å². The molecule has 8 heteroatoms. The highest BCUT2D eigenvalue weighted by molar-refractivity contribution is 5.70. The zero-order valence-corrected chi connectivity index (χ0v) is 31.8. The van der Waals surface area contributed by atoms with Crippen molar-refractivity contribution in [3.63, 3.8) is 0 Å². The van der Waals surface area contributed by atoms with E-state index in [0.29, 0.717) is 44.4 Å². The largest absolute Gasteiger partial charge is 0.459 e. The molecule has 1 saturated carbocycles. The molecule has 1 N–H and O–H groups in total. The maximum atomic E-state index is 13.2. The first-order valence-electron chi connectivity index (χ1n) is 19.7. The number of hydrogen-bond donors (Lipinski definition) is 1. The summed E-state index contributed by atoms with van der Waals surface area (Å²) in [5.41, 5.74) is -3.20. The first kappa shape index (κ1) is 40.8. The summed E-state index contributed by atoms with van der Waals surface area (Å²) in [6, 6.07) is 0. The molecule has 3 fully saturated rings. The lowest BCUT2D eigenvalue weighted by Crippen LogP contribution is -2.58. The van der Waals surface area contributed by atoms with Crippen LogP contribution in [-0.2, 0) is 33.3 Å². The maximum Gasteiger partial charge on any atom is 0.306 e. The minimum atomic E-state index is -1.39. The lowest BCUT2D eigenvalue weighted by atomic mass is 9.57. The van der Waals surface area contributed by atoms with Crippen LogP contribution in [0.5, 0.6) is 0 Å². The number of ether oxygens (including phenoxy) is 4. The first-order chi connectivity index (χ1) is 22.7. The van der Waals surface area contributed by atoms with Gasteiger partial charge >= 0.3 is 17.9 Å². The normalized spacial score (nSPS) is 34.9. The van der Waals surface area contributed by atoms with Gasteiger partial charge in [0.25, 0.3) is 0 Å². The van der Waals surface area contributed by atoms with E-state index in [-0.39, 0.29) is 42.1 Å². The van der Waals surface area contributed by atoms with Crippen LogP contribution in [0.1, 0.15) is 177 Å². The molecule has 0 radical (unpaired) electrons. The van der Waals surface area contributed by atoms with Crippen LogP contribution in [0, 0.1) is 23.7 Å². The number of carbonyl (C=O) groups excluding carboxylic acids is 3. The zero-order valence-electron chi connectivity index (χ0n) is 31.8. The molecule has 2 saturated heterocycles. The molecule has 2 aliphatic heterocycles. The number of hydrogen-bond acceptors (Lipinski definition) is 8. The Balaban J connectivity index is 1.75. The quantitative estimate of drug-likeness (QED) is 0.0869. The van der Waals surface area contributed by atoms with Gasteiger partial charge in [-0.3, -0.25) is 14.4 Å². The molecule has 8 nitrogen and oxygen atoms in total. The molecule has 0 aromatic rings. The van der Waals surface area contributed by atoms with Crippen molar-refractivity contribution in [1.29, 1.82) is 0 Å². The van der Waals surface area contributed by atoms with E-state index >= 15 is 0 Å². The SMILES string of the molecule is CCCCCCCCCCCCCC(=O)O[C@H]1CC[C@@](C)(OC(=O)CCC)[C@@H]2O[C@H](C[C@]1(C)O)[C@@H]1[C@H]2[C@@H](C(C)C)CC[C@@]1(C)OC(C)=O. The Hall–Kier alpha value is -1.67. The molecule has 3 aliphatic rings. The van der Waals surface area contributed by atoms with Gasteiger partial charge in [0, 0.05) is 38.0 Å². The summed E-state index contributed by atoms with van der Waals surface area (Å²) < 4.78 is 25.5. The molecule has 2 heterocycles. The second-order valence-electron chi connectivity index (χ2n) is 16.5. The van der Waals surface area contributed by atoms with Gasteiger partial charge in [0.2, 0.25) is 0 Å². The van der Waals surface area contributed by atoms with E-state index in [9.17, 15) is 19.5 Å². The highest BCUT2D eigenvalue weighted by atomic mass is 16.6. The summed E-state index contributed by atoms with van der Waals surface area (Å²) in [7, 11) is 0. The van der Waals surface area contributed by atoms with E-state index in [1.807, 2.05) is 20.8 Å². The molecular formula is C40H70O8. The van der Waals surface area contributed by atoms with E-state index < -0.39 is 35.1 Å². The first-order valence-corrected chi connectivity index (χ1v) is 19.7. The Morgan fingerprint density at radius 3 is 1.92 bits per heavy atom. The molecule has 1 aliphatic carbocycles. The fourth-order valence-electron chi connectivity index (χ4n) is 9.23. The Bertz CT molecular complexity index is 1020. The van der Waals surface area contributed by atoms with Crippen molar-refractivity contribution in [1.82, 2.24) is 0 Å². The van der Waals surface area contributed by atoms with Gasteiger partial charge in [0.1, 0.15) is 29.0 Å². The topological polar surface area (TPSA) is 108 Å². The predicted molar refractivity (Wildman–Crippen MR) is 188 cm³/mol. The van der Waals surface area contributed by atoms with E-state index in [0.717, 1.165) is 25.7 Å². The van der Waals surface area contributed by atoms with Gasteiger partial charge in [-0.05, 0) is 71.1 Å². The lowest BCUT2D eigenvalue weighted by molar-refractivity contribution is -0.186. The van der Waals surface area contributed by atoms with E-state index in [1.54, 1.807) is 6.92 Å². The maximum absolute atomic E-state index is 13.2. The summed E-state index contributed by atoms with van der Waals surface area (Å²) in [6.07, 6.45) is 15.3. The summed E-state index contributed by atoms with van der Waals surface area (Å²) in [5.74, 6) is -0.566. The van der Waals surface area contributed by atoms with Crippen LogP contribution in [0.15, 0.2) is 0 Å². The van der Waals surface area contributed by atoms with Crippen molar-refractivity contribution in [2.45, 2.75) is 213 Å².